The van der Waals surface area contributed by atoms with Gasteiger partial charge in [0, 0.05) is 43.1 Å². The average Bonchev–Trinajstić information content (AvgIpc) is 3.71. The summed E-state index contributed by atoms with van der Waals surface area (Å²) in [5.41, 5.74) is 10.2. The Kier molecular flexibility index (Phi) is 7.72. The number of fused-ring (bicyclic) bond motifs is 11. The van der Waals surface area contributed by atoms with Gasteiger partial charge in [0.25, 0.3) is 0 Å². The van der Waals surface area contributed by atoms with E-state index in [2.05, 4.69) is 176 Å². The maximum absolute atomic E-state index is 5.56. The molecule has 0 unspecified atom stereocenters. The van der Waals surface area contributed by atoms with Crippen molar-refractivity contribution in [2.24, 2.45) is 0 Å². The molecule has 0 bridgehead atoms. The van der Waals surface area contributed by atoms with Crippen molar-refractivity contribution in [2.75, 3.05) is 0 Å². The molecule has 0 atom stereocenters. The first-order valence-electron chi connectivity index (χ1n) is 19.9. The van der Waals surface area contributed by atoms with Crippen molar-refractivity contribution in [1.29, 1.82) is 0 Å². The van der Waals surface area contributed by atoms with Gasteiger partial charge >= 0.3 is 0 Å². The summed E-state index contributed by atoms with van der Waals surface area (Å²) in [7, 11) is 0. The Bertz CT molecular complexity index is 3520. The van der Waals surface area contributed by atoms with Crippen molar-refractivity contribution in [1.82, 2.24) is 15.0 Å². The van der Waals surface area contributed by atoms with Crippen molar-refractivity contribution in [2.45, 2.75) is 0 Å². The molecule has 3 nitrogen and oxygen atoms in total. The van der Waals surface area contributed by atoms with Crippen LogP contribution in [0.5, 0.6) is 0 Å². The van der Waals surface area contributed by atoms with E-state index in [0.29, 0.717) is 5.82 Å². The Balaban J connectivity index is 1.07. The second-order valence-corrected chi connectivity index (χ2v) is 16.1. The smallest absolute Gasteiger partial charge is 0.160 e. The number of hydrogen-bond donors (Lipinski definition) is 0. The van der Waals surface area contributed by atoms with Crippen molar-refractivity contribution in [3.8, 4) is 56.3 Å². The van der Waals surface area contributed by atoms with E-state index < -0.39 is 0 Å². The van der Waals surface area contributed by atoms with E-state index in [9.17, 15) is 0 Å². The third-order valence-electron chi connectivity index (χ3n) is 11.6. The molecule has 12 rings (SSSR count). The van der Waals surface area contributed by atoms with Gasteiger partial charge in [0.05, 0.1) is 27.3 Å². The molecule has 4 heteroatoms. The van der Waals surface area contributed by atoms with Gasteiger partial charge in [-0.15, -0.1) is 11.3 Å². The number of rotatable bonds is 5. The molecule has 3 heterocycles. The van der Waals surface area contributed by atoms with E-state index in [1.165, 1.54) is 52.5 Å². The van der Waals surface area contributed by atoms with Gasteiger partial charge in [-0.25, -0.2) is 15.0 Å². The van der Waals surface area contributed by atoms with E-state index in [1.54, 1.807) is 0 Å². The molecular weight excluding hydrogens is 735 g/mol. The Morgan fingerprint density at radius 2 is 0.881 bits per heavy atom. The number of nitrogens with zero attached hydrogens (tertiary/aromatic N) is 3. The van der Waals surface area contributed by atoms with E-state index in [0.717, 1.165) is 61.4 Å². The molecule has 0 N–H and O–H groups in total. The second kappa shape index (κ2) is 13.6. The first-order valence-corrected chi connectivity index (χ1v) is 20.8. The standard InChI is InChI=1S/C55H33N3S/c1-3-15-34(16-4-1)48-33-49(58-55(57-48)35-17-5-2-6-18-35)37-20-13-19-36(31-37)39-26-14-27-47-51(39)52-45-25-11-12-28-50(45)59-54(52)53(56-47)38-29-30-44-42-23-8-7-21-40(42)41-22-9-10-24-43(41)46(44)32-38/h1-33H. The van der Waals surface area contributed by atoms with Crippen molar-refractivity contribution in [3.63, 3.8) is 0 Å². The lowest BCUT2D eigenvalue weighted by Gasteiger charge is -2.14. The summed E-state index contributed by atoms with van der Waals surface area (Å²) in [6.45, 7) is 0. The first-order chi connectivity index (χ1) is 29.2. The zero-order chi connectivity index (χ0) is 38.9. The predicted molar refractivity (Wildman–Crippen MR) is 250 cm³/mol. The van der Waals surface area contributed by atoms with Crippen LogP contribution in [-0.2, 0) is 0 Å². The number of hydrogen-bond acceptors (Lipinski definition) is 4. The second-order valence-electron chi connectivity index (χ2n) is 15.1. The largest absolute Gasteiger partial charge is 0.246 e. The van der Waals surface area contributed by atoms with Crippen molar-refractivity contribution in [3.05, 3.63) is 200 Å². The van der Waals surface area contributed by atoms with Crippen LogP contribution < -0.4 is 0 Å². The minimum atomic E-state index is 0.704. The van der Waals surface area contributed by atoms with Gasteiger partial charge in [-0.05, 0) is 73.8 Å². The molecule has 0 aliphatic rings. The molecule has 0 fully saturated rings. The zero-order valence-electron chi connectivity index (χ0n) is 31.8. The molecule has 59 heavy (non-hydrogen) atoms. The summed E-state index contributed by atoms with van der Waals surface area (Å²) in [6.07, 6.45) is 0. The van der Waals surface area contributed by atoms with Crippen molar-refractivity contribution >= 4 is 74.7 Å². The van der Waals surface area contributed by atoms with Crippen LogP contribution in [0.2, 0.25) is 0 Å². The van der Waals surface area contributed by atoms with Crippen molar-refractivity contribution < 1.29 is 0 Å². The minimum absolute atomic E-state index is 0.704. The van der Waals surface area contributed by atoms with Gasteiger partial charge in [-0.1, -0.05) is 170 Å². The van der Waals surface area contributed by atoms with E-state index in [-0.39, 0.29) is 0 Å². The minimum Gasteiger partial charge on any atom is -0.246 e. The summed E-state index contributed by atoms with van der Waals surface area (Å²) < 4.78 is 2.45. The van der Waals surface area contributed by atoms with Crippen LogP contribution >= 0.6 is 11.3 Å². The molecule has 0 aliphatic carbocycles. The summed E-state index contributed by atoms with van der Waals surface area (Å²) in [6, 6.07) is 71.3. The molecule has 0 aliphatic heterocycles. The van der Waals surface area contributed by atoms with Gasteiger partial charge in [0.15, 0.2) is 5.82 Å². The highest BCUT2D eigenvalue weighted by molar-refractivity contribution is 7.26. The molecule has 0 radical (unpaired) electrons. The third-order valence-corrected chi connectivity index (χ3v) is 12.8. The Hall–Kier alpha value is -7.53. The molecule has 0 saturated carbocycles. The van der Waals surface area contributed by atoms with E-state index in [4.69, 9.17) is 15.0 Å². The molecule has 12 aromatic rings. The number of benzene rings is 9. The number of aromatic nitrogens is 3. The highest BCUT2D eigenvalue weighted by Gasteiger charge is 2.20. The van der Waals surface area contributed by atoms with Gasteiger partial charge in [-0.2, -0.15) is 0 Å². The van der Waals surface area contributed by atoms with E-state index in [1.807, 2.05) is 35.6 Å². The fourth-order valence-electron chi connectivity index (χ4n) is 8.93. The molecule has 0 spiro atoms. The Labute approximate surface area is 344 Å². The lowest BCUT2D eigenvalue weighted by Crippen LogP contribution is -1.96. The quantitative estimate of drug-likeness (QED) is 0.164. The van der Waals surface area contributed by atoms with Crippen LogP contribution in [0.3, 0.4) is 0 Å². The lowest BCUT2D eigenvalue weighted by atomic mass is 9.92. The summed E-state index contributed by atoms with van der Waals surface area (Å²) in [5.74, 6) is 0.704. The maximum atomic E-state index is 5.56. The average molecular weight is 768 g/mol. The molecule has 9 aromatic carbocycles. The van der Waals surface area contributed by atoms with Gasteiger partial charge < -0.3 is 0 Å². The monoisotopic (exact) mass is 767 g/mol. The fraction of sp³-hybridized carbons (Fsp3) is 0. The van der Waals surface area contributed by atoms with Gasteiger partial charge in [0.1, 0.15) is 0 Å². The highest BCUT2D eigenvalue weighted by Crippen LogP contribution is 2.47. The fourth-order valence-corrected chi connectivity index (χ4v) is 10.2. The maximum Gasteiger partial charge on any atom is 0.160 e. The molecular formula is C55H33N3S. The number of thiophene rings is 1. The molecule has 274 valence electrons. The number of pyridine rings is 1. The van der Waals surface area contributed by atoms with E-state index >= 15 is 0 Å². The Morgan fingerprint density at radius 1 is 0.322 bits per heavy atom. The van der Waals surface area contributed by atoms with Crippen LogP contribution in [-0.4, -0.2) is 15.0 Å². The summed E-state index contributed by atoms with van der Waals surface area (Å²) >= 11 is 1.83. The van der Waals surface area contributed by atoms with Crippen LogP contribution in [0.1, 0.15) is 0 Å². The van der Waals surface area contributed by atoms with Crippen LogP contribution in [0, 0.1) is 0 Å². The zero-order valence-corrected chi connectivity index (χ0v) is 32.6. The first kappa shape index (κ1) is 33.6. The van der Waals surface area contributed by atoms with Gasteiger partial charge in [0.2, 0.25) is 0 Å². The summed E-state index contributed by atoms with van der Waals surface area (Å²) in [5, 5.41) is 11.2. The van der Waals surface area contributed by atoms with Crippen LogP contribution in [0.25, 0.3) is 120 Å². The third kappa shape index (κ3) is 5.53. The molecule has 0 amide bonds. The lowest BCUT2D eigenvalue weighted by molar-refractivity contribution is 1.18. The normalized spacial score (nSPS) is 11.7. The molecule has 3 aromatic heterocycles. The van der Waals surface area contributed by atoms with Crippen LogP contribution in [0.4, 0.5) is 0 Å². The SMILES string of the molecule is c1ccc(-c2cc(-c3cccc(-c4cccc5nc(-c6ccc7c8ccccc8c8ccccc8c7c6)c6sc7ccccc7c6c45)c3)nc(-c3ccccc3)n2)cc1. The summed E-state index contributed by atoms with van der Waals surface area (Å²) in [4.78, 5) is 15.8. The molecule has 0 saturated heterocycles. The predicted octanol–water partition coefficient (Wildman–Crippen LogP) is 15.2. The van der Waals surface area contributed by atoms with Gasteiger partial charge in [-0.3, -0.25) is 0 Å². The highest BCUT2D eigenvalue weighted by atomic mass is 32.1. The van der Waals surface area contributed by atoms with Crippen LogP contribution in [0.15, 0.2) is 200 Å². The Morgan fingerprint density at radius 3 is 1.61 bits per heavy atom. The topological polar surface area (TPSA) is 38.7 Å².